The fraction of sp³-hybridized carbons (Fsp3) is 0.148. The maximum Gasteiger partial charge on any atom is 0.214 e. The average molecular weight is 487 g/mol. The van der Waals surface area contributed by atoms with Gasteiger partial charge in [0.05, 0.1) is 29.3 Å². The van der Waals surface area contributed by atoms with Gasteiger partial charge in [-0.2, -0.15) is 5.10 Å². The quantitative estimate of drug-likeness (QED) is 0.235. The lowest BCUT2D eigenvalue weighted by Gasteiger charge is -2.10. The predicted octanol–water partition coefficient (Wildman–Crippen LogP) is 4.82. The van der Waals surface area contributed by atoms with Crippen LogP contribution in [0.2, 0.25) is 0 Å². The van der Waals surface area contributed by atoms with Crippen LogP contribution in [-0.4, -0.2) is 25.5 Å². The van der Waals surface area contributed by atoms with Gasteiger partial charge in [-0.05, 0) is 85.8 Å². The van der Waals surface area contributed by atoms with E-state index in [0.717, 1.165) is 39.9 Å². The molecule has 5 aromatic rings. The van der Waals surface area contributed by atoms with Gasteiger partial charge in [0.25, 0.3) is 0 Å². The molecule has 0 saturated heterocycles. The van der Waals surface area contributed by atoms with Crippen LogP contribution in [0.1, 0.15) is 38.4 Å². The van der Waals surface area contributed by atoms with Crippen LogP contribution in [-0.2, 0) is 12.8 Å². The number of aryl methyl sites for hydroxylation is 4. The summed E-state index contributed by atoms with van der Waals surface area (Å²) in [5.74, 6) is -1.02. The van der Waals surface area contributed by atoms with Crippen LogP contribution in [0.5, 0.6) is 0 Å². The summed E-state index contributed by atoms with van der Waals surface area (Å²) in [6, 6.07) is 10.8. The van der Waals surface area contributed by atoms with E-state index in [4.69, 9.17) is 11.5 Å². The van der Waals surface area contributed by atoms with Crippen LogP contribution in [0.4, 0.5) is 20.3 Å². The Hall–Kier alpha value is -4.53. The molecule has 0 aliphatic carbocycles. The number of carbonyl (C=O) groups excluding carboxylic acids is 1. The lowest BCUT2D eigenvalue weighted by molar-refractivity contribution is 0.103. The second-order valence-electron chi connectivity index (χ2n) is 8.86. The Bertz CT molecular complexity index is 1600. The van der Waals surface area contributed by atoms with Crippen molar-refractivity contribution in [2.24, 2.45) is 0 Å². The minimum absolute atomic E-state index is 0.189. The molecule has 0 spiro atoms. The Morgan fingerprint density at radius 2 is 1.81 bits per heavy atom. The number of carbonyl (C=O) groups is 1. The average Bonchev–Trinajstić information content (AvgIpc) is 3.43. The fourth-order valence-electron chi connectivity index (χ4n) is 4.27. The molecule has 0 fully saturated rings. The van der Waals surface area contributed by atoms with Crippen molar-refractivity contribution in [3.05, 3.63) is 100 Å². The molecular formula is C27H24F2N6O. The van der Waals surface area contributed by atoms with Crippen LogP contribution in [0.25, 0.3) is 16.6 Å². The van der Waals surface area contributed by atoms with Gasteiger partial charge in [0, 0.05) is 22.3 Å². The van der Waals surface area contributed by atoms with Crippen LogP contribution in [0.15, 0.2) is 54.9 Å². The molecule has 182 valence electrons. The third-order valence-electron chi connectivity index (χ3n) is 6.33. The van der Waals surface area contributed by atoms with Crippen molar-refractivity contribution in [3.63, 3.8) is 0 Å². The van der Waals surface area contributed by atoms with E-state index in [-0.39, 0.29) is 17.2 Å². The number of pyridine rings is 1. The molecule has 2 aromatic carbocycles. The molecular weight excluding hydrogens is 462 g/mol. The second-order valence-corrected chi connectivity index (χ2v) is 8.86. The highest BCUT2D eigenvalue weighted by molar-refractivity contribution is 6.12. The van der Waals surface area contributed by atoms with E-state index < -0.39 is 11.6 Å². The molecule has 0 unspecified atom stereocenters. The number of nitrogens with one attached hydrogen (secondary N) is 1. The number of nitrogens with zero attached hydrogens (tertiary/aromatic N) is 3. The molecule has 36 heavy (non-hydrogen) atoms. The molecule has 0 atom stereocenters. The van der Waals surface area contributed by atoms with E-state index in [1.54, 1.807) is 18.3 Å². The summed E-state index contributed by atoms with van der Waals surface area (Å²) >= 11 is 0. The van der Waals surface area contributed by atoms with Crippen LogP contribution in [0, 0.1) is 25.5 Å². The summed E-state index contributed by atoms with van der Waals surface area (Å²) in [5.41, 5.74) is 17.8. The number of hydrogen-bond acceptors (Lipinski definition) is 5. The van der Waals surface area contributed by atoms with Gasteiger partial charge in [0.1, 0.15) is 17.5 Å². The van der Waals surface area contributed by atoms with Crippen molar-refractivity contribution >= 4 is 28.2 Å². The van der Waals surface area contributed by atoms with Gasteiger partial charge >= 0.3 is 0 Å². The number of anilines is 2. The highest BCUT2D eigenvalue weighted by Gasteiger charge is 2.21. The maximum atomic E-state index is 13.9. The Kier molecular flexibility index (Phi) is 5.75. The van der Waals surface area contributed by atoms with E-state index in [9.17, 15) is 13.6 Å². The number of rotatable bonds is 6. The number of H-pyrrole nitrogens is 1. The molecule has 0 radical (unpaired) electrons. The third kappa shape index (κ3) is 4.19. The summed E-state index contributed by atoms with van der Waals surface area (Å²) < 4.78 is 28.8. The minimum Gasteiger partial charge on any atom is -0.398 e. The molecule has 5 N–H and O–H groups in total. The van der Waals surface area contributed by atoms with Crippen molar-refractivity contribution in [2.75, 3.05) is 11.5 Å². The SMILES string of the molecule is Cc1cc2cc(C(=O)c3cnn(-c4cnc(CCc5cc(F)ccc5F)cc4C)c3N)[nH]c2cc1N. The molecule has 3 heterocycles. The van der Waals surface area contributed by atoms with Crippen molar-refractivity contribution in [2.45, 2.75) is 26.7 Å². The summed E-state index contributed by atoms with van der Waals surface area (Å²) in [6.45, 7) is 3.78. The molecule has 3 aromatic heterocycles. The predicted molar refractivity (Wildman–Crippen MR) is 135 cm³/mol. The van der Waals surface area contributed by atoms with E-state index in [1.165, 1.54) is 16.9 Å². The summed E-state index contributed by atoms with van der Waals surface area (Å²) in [6.07, 6.45) is 3.79. The zero-order valence-corrected chi connectivity index (χ0v) is 19.8. The first kappa shape index (κ1) is 23.2. The standard InChI is InChI=1S/C27H24F2N6O/c1-14-7-17-10-24(34-23(17)11-22(14)30)26(36)20-12-33-35(27(20)31)25-13-32-19(8-15(25)2)5-3-16-9-18(28)4-6-21(16)29/h4,6-13,34H,3,5,30-31H2,1-2H3. The van der Waals surface area contributed by atoms with Crippen LogP contribution < -0.4 is 11.5 Å². The number of aromatic amines is 1. The summed E-state index contributed by atoms with van der Waals surface area (Å²) in [4.78, 5) is 20.7. The molecule has 0 amide bonds. The number of benzene rings is 2. The monoisotopic (exact) mass is 486 g/mol. The molecule has 9 heteroatoms. The highest BCUT2D eigenvalue weighted by Crippen LogP contribution is 2.26. The van der Waals surface area contributed by atoms with Crippen molar-refractivity contribution in [1.29, 1.82) is 0 Å². The first-order chi connectivity index (χ1) is 17.2. The first-order valence-electron chi connectivity index (χ1n) is 11.4. The zero-order chi connectivity index (χ0) is 25.6. The molecule has 0 bridgehead atoms. The van der Waals surface area contributed by atoms with Crippen molar-refractivity contribution in [3.8, 4) is 5.69 Å². The molecule has 0 saturated carbocycles. The van der Waals surface area contributed by atoms with Crippen molar-refractivity contribution in [1.82, 2.24) is 19.7 Å². The number of nitrogen functional groups attached to an aromatic ring is 2. The lowest BCUT2D eigenvalue weighted by atomic mass is 10.1. The van der Waals surface area contributed by atoms with Gasteiger partial charge in [-0.3, -0.25) is 9.78 Å². The number of aromatic nitrogens is 4. The largest absolute Gasteiger partial charge is 0.398 e. The zero-order valence-electron chi connectivity index (χ0n) is 19.8. The van der Waals surface area contributed by atoms with E-state index >= 15 is 0 Å². The topological polar surface area (TPSA) is 116 Å². The first-order valence-corrected chi connectivity index (χ1v) is 11.4. The number of ketones is 1. The Morgan fingerprint density at radius 3 is 2.58 bits per heavy atom. The lowest BCUT2D eigenvalue weighted by Crippen LogP contribution is -2.09. The van der Waals surface area contributed by atoms with E-state index in [0.29, 0.717) is 35.5 Å². The minimum atomic E-state index is -0.475. The van der Waals surface area contributed by atoms with Crippen LogP contribution >= 0.6 is 0 Å². The van der Waals surface area contributed by atoms with Gasteiger partial charge in [0.15, 0.2) is 0 Å². The van der Waals surface area contributed by atoms with Gasteiger partial charge < -0.3 is 16.5 Å². The Morgan fingerprint density at radius 1 is 1.00 bits per heavy atom. The van der Waals surface area contributed by atoms with Gasteiger partial charge in [-0.25, -0.2) is 13.5 Å². The smallest absolute Gasteiger partial charge is 0.214 e. The van der Waals surface area contributed by atoms with Gasteiger partial charge in [-0.1, -0.05) is 0 Å². The highest BCUT2D eigenvalue weighted by atomic mass is 19.1. The van der Waals surface area contributed by atoms with E-state index in [1.807, 2.05) is 26.0 Å². The van der Waals surface area contributed by atoms with Crippen LogP contribution in [0.3, 0.4) is 0 Å². The fourth-order valence-corrected chi connectivity index (χ4v) is 4.27. The maximum absolute atomic E-state index is 13.9. The number of nitrogens with two attached hydrogens (primary N) is 2. The normalized spacial score (nSPS) is 11.3. The number of hydrogen-bond donors (Lipinski definition) is 3. The summed E-state index contributed by atoms with van der Waals surface area (Å²) in [7, 11) is 0. The summed E-state index contributed by atoms with van der Waals surface area (Å²) in [5, 5.41) is 5.21. The van der Waals surface area contributed by atoms with Gasteiger partial charge in [0.2, 0.25) is 5.78 Å². The van der Waals surface area contributed by atoms with Gasteiger partial charge in [-0.15, -0.1) is 0 Å². The molecule has 5 rings (SSSR count). The number of halogens is 2. The third-order valence-corrected chi connectivity index (χ3v) is 6.33. The van der Waals surface area contributed by atoms with E-state index in [2.05, 4.69) is 15.1 Å². The molecule has 0 aliphatic heterocycles. The number of fused-ring (bicyclic) bond motifs is 1. The Balaban J connectivity index is 1.38. The molecule has 7 nitrogen and oxygen atoms in total. The van der Waals surface area contributed by atoms with Crippen molar-refractivity contribution < 1.29 is 13.6 Å². The second kappa shape index (κ2) is 8.92. The Labute approximate surface area is 205 Å². The molecule has 0 aliphatic rings.